The Morgan fingerprint density at radius 2 is 2.00 bits per heavy atom. The van der Waals surface area contributed by atoms with Crippen LogP contribution in [0.2, 0.25) is 0 Å². The number of nitrogens with zero attached hydrogens (tertiary/aromatic N) is 3. The second-order valence-electron chi connectivity index (χ2n) is 9.16. The van der Waals surface area contributed by atoms with Gasteiger partial charge in [0.05, 0.1) is 24.2 Å². The highest BCUT2D eigenvalue weighted by atomic mass is 19.4. The number of aromatic nitrogens is 1. The fourth-order valence-corrected chi connectivity index (χ4v) is 5.34. The lowest BCUT2D eigenvalue weighted by atomic mass is 9.74. The van der Waals surface area contributed by atoms with Gasteiger partial charge in [-0.05, 0) is 36.8 Å². The van der Waals surface area contributed by atoms with Gasteiger partial charge in [-0.25, -0.2) is 0 Å². The van der Waals surface area contributed by atoms with E-state index in [0.717, 1.165) is 57.8 Å². The summed E-state index contributed by atoms with van der Waals surface area (Å²) in [6.45, 7) is 8.18. The van der Waals surface area contributed by atoms with Gasteiger partial charge in [-0.15, -0.1) is 0 Å². The van der Waals surface area contributed by atoms with Crippen LogP contribution < -0.4 is 0 Å². The molecule has 1 saturated heterocycles. The number of ether oxygens (including phenoxy) is 1. The number of halogens is 3. The molecule has 2 atom stereocenters. The SMILES string of the molecule is CC(C)C1(C(=O)N2CCc3ncc(C(F)(F)F)cc3C2)CCC(N2CCOCC2)C1. The Morgan fingerprint density at radius 3 is 2.67 bits per heavy atom. The quantitative estimate of drug-likeness (QED) is 0.744. The number of carbonyl (C=O) groups excluding carboxylic acids is 1. The molecule has 0 radical (unpaired) electrons. The van der Waals surface area contributed by atoms with E-state index in [0.29, 0.717) is 30.3 Å². The fourth-order valence-electron chi connectivity index (χ4n) is 5.34. The molecule has 2 aliphatic heterocycles. The predicted octanol–water partition coefficient (Wildman–Crippen LogP) is 3.51. The lowest BCUT2D eigenvalue weighted by Gasteiger charge is -2.40. The summed E-state index contributed by atoms with van der Waals surface area (Å²) in [7, 11) is 0. The Morgan fingerprint density at radius 1 is 1.27 bits per heavy atom. The van der Waals surface area contributed by atoms with Crippen LogP contribution in [0.15, 0.2) is 12.3 Å². The molecule has 2 unspecified atom stereocenters. The summed E-state index contributed by atoms with van der Waals surface area (Å²) in [5, 5.41) is 0. The van der Waals surface area contributed by atoms with E-state index in [1.807, 2.05) is 0 Å². The molecule has 0 aromatic carbocycles. The van der Waals surface area contributed by atoms with Crippen LogP contribution in [0.5, 0.6) is 0 Å². The maximum Gasteiger partial charge on any atom is 0.417 e. The monoisotopic (exact) mass is 425 g/mol. The molecule has 1 aromatic rings. The summed E-state index contributed by atoms with van der Waals surface area (Å²) in [4.78, 5) is 22.0. The van der Waals surface area contributed by atoms with Gasteiger partial charge in [0.15, 0.2) is 0 Å². The number of hydrogen-bond acceptors (Lipinski definition) is 4. The van der Waals surface area contributed by atoms with Gasteiger partial charge in [0.2, 0.25) is 5.91 Å². The van der Waals surface area contributed by atoms with E-state index in [2.05, 4.69) is 23.7 Å². The van der Waals surface area contributed by atoms with E-state index >= 15 is 0 Å². The normalized spacial score (nSPS) is 28.1. The maximum atomic E-state index is 13.7. The van der Waals surface area contributed by atoms with E-state index in [-0.39, 0.29) is 18.4 Å². The third-order valence-electron chi connectivity index (χ3n) is 7.27. The molecule has 1 amide bonds. The Labute approximate surface area is 175 Å². The highest BCUT2D eigenvalue weighted by Gasteiger charge is 2.50. The van der Waals surface area contributed by atoms with Crippen LogP contribution in [0.3, 0.4) is 0 Å². The Balaban J connectivity index is 1.52. The zero-order chi connectivity index (χ0) is 21.5. The minimum absolute atomic E-state index is 0.0938. The standard InChI is InChI=1S/C22H30F3N3O2/c1-15(2)21(5-3-18(12-21)27-7-9-30-10-8-27)20(29)28-6-4-19-16(14-28)11-17(13-26-19)22(23,24)25/h11,13,15,18H,3-10,12,14H2,1-2H3. The first kappa shape index (κ1) is 21.6. The van der Waals surface area contributed by atoms with Crippen LogP contribution in [0.1, 0.15) is 49.9 Å². The summed E-state index contributed by atoms with van der Waals surface area (Å²) < 4.78 is 44.8. The zero-order valence-electron chi connectivity index (χ0n) is 17.7. The van der Waals surface area contributed by atoms with Crippen LogP contribution in [0.4, 0.5) is 13.2 Å². The average molecular weight is 425 g/mol. The zero-order valence-corrected chi connectivity index (χ0v) is 17.7. The van der Waals surface area contributed by atoms with Gasteiger partial charge in [-0.3, -0.25) is 14.7 Å². The van der Waals surface area contributed by atoms with Crippen molar-refractivity contribution in [2.75, 3.05) is 32.8 Å². The Hall–Kier alpha value is -1.67. The molecule has 3 heterocycles. The third kappa shape index (κ3) is 3.96. The van der Waals surface area contributed by atoms with Gasteiger partial charge < -0.3 is 9.64 Å². The number of rotatable bonds is 3. The van der Waals surface area contributed by atoms with Crippen molar-refractivity contribution in [3.05, 3.63) is 29.1 Å². The van der Waals surface area contributed by atoms with Crippen LogP contribution in [-0.2, 0) is 28.7 Å². The summed E-state index contributed by atoms with van der Waals surface area (Å²) in [6, 6.07) is 1.53. The van der Waals surface area contributed by atoms with E-state index in [4.69, 9.17) is 4.74 Å². The highest BCUT2D eigenvalue weighted by Crippen LogP contribution is 2.48. The van der Waals surface area contributed by atoms with E-state index in [1.165, 1.54) is 0 Å². The van der Waals surface area contributed by atoms with Crippen molar-refractivity contribution in [1.29, 1.82) is 0 Å². The number of hydrogen-bond donors (Lipinski definition) is 0. The molecule has 0 N–H and O–H groups in total. The van der Waals surface area contributed by atoms with Crippen molar-refractivity contribution in [2.24, 2.45) is 11.3 Å². The molecule has 4 rings (SSSR count). The molecule has 0 spiro atoms. The number of morpholine rings is 1. The van der Waals surface area contributed by atoms with E-state index in [1.54, 1.807) is 4.90 Å². The minimum Gasteiger partial charge on any atom is -0.379 e. The van der Waals surface area contributed by atoms with Crippen LogP contribution in [0, 0.1) is 11.3 Å². The molecule has 1 saturated carbocycles. The van der Waals surface area contributed by atoms with E-state index < -0.39 is 17.2 Å². The second kappa shape index (κ2) is 8.11. The minimum atomic E-state index is -4.43. The van der Waals surface area contributed by atoms with Crippen LogP contribution >= 0.6 is 0 Å². The maximum absolute atomic E-state index is 13.7. The van der Waals surface area contributed by atoms with E-state index in [9.17, 15) is 18.0 Å². The first-order valence-electron chi connectivity index (χ1n) is 10.9. The molecule has 5 nitrogen and oxygen atoms in total. The molecule has 30 heavy (non-hydrogen) atoms. The molecule has 3 aliphatic rings. The number of alkyl halides is 3. The van der Waals surface area contributed by atoms with Gasteiger partial charge in [-0.1, -0.05) is 13.8 Å². The van der Waals surface area contributed by atoms with Crippen LogP contribution in [-0.4, -0.2) is 59.6 Å². The van der Waals surface area contributed by atoms with Crippen molar-refractivity contribution < 1.29 is 22.7 Å². The largest absolute Gasteiger partial charge is 0.417 e. The van der Waals surface area contributed by atoms with Gasteiger partial charge in [0.25, 0.3) is 0 Å². The molecule has 1 aliphatic carbocycles. The highest BCUT2D eigenvalue weighted by molar-refractivity contribution is 5.83. The Kier molecular flexibility index (Phi) is 5.83. The first-order valence-corrected chi connectivity index (χ1v) is 10.9. The van der Waals surface area contributed by atoms with Crippen molar-refractivity contribution in [2.45, 2.75) is 58.3 Å². The summed E-state index contributed by atoms with van der Waals surface area (Å²) in [5.74, 6) is 0.272. The van der Waals surface area contributed by atoms with Crippen molar-refractivity contribution in [3.8, 4) is 0 Å². The molecule has 166 valence electrons. The molecule has 8 heteroatoms. The fraction of sp³-hybridized carbons (Fsp3) is 0.727. The van der Waals surface area contributed by atoms with Gasteiger partial charge in [0, 0.05) is 50.5 Å². The summed E-state index contributed by atoms with van der Waals surface area (Å²) in [6.07, 6.45) is -0.405. The predicted molar refractivity (Wildman–Crippen MR) is 106 cm³/mol. The lowest BCUT2D eigenvalue weighted by molar-refractivity contribution is -0.146. The van der Waals surface area contributed by atoms with Crippen molar-refractivity contribution >= 4 is 5.91 Å². The molecular formula is C22H30F3N3O2. The smallest absolute Gasteiger partial charge is 0.379 e. The van der Waals surface area contributed by atoms with Gasteiger partial charge in [0.1, 0.15) is 0 Å². The number of amides is 1. The number of carbonyl (C=O) groups is 1. The molecule has 2 fully saturated rings. The van der Waals surface area contributed by atoms with Crippen molar-refractivity contribution in [3.63, 3.8) is 0 Å². The lowest BCUT2D eigenvalue weighted by Crippen LogP contribution is -2.49. The first-order chi connectivity index (χ1) is 14.2. The van der Waals surface area contributed by atoms with Gasteiger partial charge in [-0.2, -0.15) is 13.2 Å². The summed E-state index contributed by atoms with van der Waals surface area (Å²) >= 11 is 0. The molecular weight excluding hydrogens is 395 g/mol. The second-order valence-corrected chi connectivity index (χ2v) is 9.16. The average Bonchev–Trinajstić information content (AvgIpc) is 3.19. The van der Waals surface area contributed by atoms with Crippen molar-refractivity contribution in [1.82, 2.24) is 14.8 Å². The summed E-state index contributed by atoms with van der Waals surface area (Å²) in [5.41, 5.74) is -0.00749. The molecule has 0 bridgehead atoms. The third-order valence-corrected chi connectivity index (χ3v) is 7.27. The Bertz CT molecular complexity index is 792. The topological polar surface area (TPSA) is 45.7 Å². The number of pyridine rings is 1. The molecule has 1 aromatic heterocycles. The van der Waals surface area contributed by atoms with Gasteiger partial charge >= 0.3 is 6.18 Å². The number of fused-ring (bicyclic) bond motifs is 1. The van der Waals surface area contributed by atoms with Crippen LogP contribution in [0.25, 0.3) is 0 Å².